The first-order chi connectivity index (χ1) is 13.0. The van der Waals surface area contributed by atoms with Crippen LogP contribution in [0.25, 0.3) is 0 Å². The van der Waals surface area contributed by atoms with E-state index in [1.807, 2.05) is 16.7 Å². The van der Waals surface area contributed by atoms with Crippen LogP contribution in [-0.4, -0.2) is 55.5 Å². The summed E-state index contributed by atoms with van der Waals surface area (Å²) < 4.78 is 1.60. The zero-order valence-corrected chi connectivity index (χ0v) is 16.6. The van der Waals surface area contributed by atoms with Gasteiger partial charge in [-0.2, -0.15) is 16.4 Å². The molecule has 2 aromatic heterocycles. The highest BCUT2D eigenvalue weighted by atomic mass is 32.1. The molecule has 4 rings (SSSR count). The minimum Gasteiger partial charge on any atom is -0.341 e. The number of aromatic nitrogens is 3. The van der Waals surface area contributed by atoms with Gasteiger partial charge in [-0.3, -0.25) is 9.59 Å². The Bertz CT molecular complexity index is 796. The average Bonchev–Trinajstić information content (AvgIpc) is 3.11. The Balaban J connectivity index is 1.36. The number of thiophene rings is 1. The molecule has 0 radical (unpaired) electrons. The van der Waals surface area contributed by atoms with E-state index in [1.54, 1.807) is 29.3 Å². The molecule has 144 valence electrons. The van der Waals surface area contributed by atoms with E-state index in [2.05, 4.69) is 26.9 Å². The van der Waals surface area contributed by atoms with Crippen molar-refractivity contribution in [1.82, 2.24) is 24.6 Å². The monoisotopic (exact) mass is 387 g/mol. The summed E-state index contributed by atoms with van der Waals surface area (Å²) in [7, 11) is 0. The smallest absolute Gasteiger partial charge is 0.247 e. The van der Waals surface area contributed by atoms with E-state index in [0.717, 1.165) is 32.4 Å². The Kier molecular flexibility index (Phi) is 4.75. The van der Waals surface area contributed by atoms with Crippen molar-refractivity contribution in [2.24, 2.45) is 5.41 Å². The van der Waals surface area contributed by atoms with Gasteiger partial charge in [0.2, 0.25) is 11.8 Å². The third-order valence-corrected chi connectivity index (χ3v) is 6.85. The van der Waals surface area contributed by atoms with Gasteiger partial charge in [-0.15, -0.1) is 0 Å². The summed E-state index contributed by atoms with van der Waals surface area (Å²) in [5, 5.41) is 8.24. The van der Waals surface area contributed by atoms with Crippen LogP contribution in [0, 0.1) is 5.41 Å². The number of piperidine rings is 1. The van der Waals surface area contributed by atoms with Gasteiger partial charge in [0.25, 0.3) is 0 Å². The van der Waals surface area contributed by atoms with Gasteiger partial charge < -0.3 is 9.80 Å². The van der Waals surface area contributed by atoms with Crippen molar-refractivity contribution in [3.63, 3.8) is 0 Å². The normalized spacial score (nSPS) is 21.9. The maximum Gasteiger partial charge on any atom is 0.247 e. The van der Waals surface area contributed by atoms with Crippen LogP contribution in [0.15, 0.2) is 29.5 Å². The van der Waals surface area contributed by atoms with Crippen LogP contribution in [0.3, 0.4) is 0 Å². The van der Waals surface area contributed by atoms with Gasteiger partial charge in [-0.05, 0) is 54.0 Å². The molecule has 1 saturated carbocycles. The number of hydrogen-bond acceptors (Lipinski definition) is 5. The molecule has 1 aliphatic carbocycles. The van der Waals surface area contributed by atoms with E-state index in [4.69, 9.17) is 0 Å². The van der Waals surface area contributed by atoms with Crippen molar-refractivity contribution in [1.29, 1.82) is 0 Å². The first-order valence-electron chi connectivity index (χ1n) is 9.41. The Morgan fingerprint density at radius 1 is 1.41 bits per heavy atom. The number of amides is 2. The molecule has 1 spiro atoms. The maximum absolute atomic E-state index is 12.7. The van der Waals surface area contributed by atoms with E-state index in [-0.39, 0.29) is 23.3 Å². The fourth-order valence-electron chi connectivity index (χ4n) is 4.29. The van der Waals surface area contributed by atoms with Gasteiger partial charge in [0.1, 0.15) is 18.7 Å². The zero-order valence-electron chi connectivity index (χ0n) is 15.7. The lowest BCUT2D eigenvalue weighted by atomic mass is 9.92. The number of carbonyl (C=O) groups excluding carboxylic acids is 2. The second kappa shape index (κ2) is 7.07. The van der Waals surface area contributed by atoms with Crippen LogP contribution < -0.4 is 0 Å². The number of carbonyl (C=O) groups is 2. The first kappa shape index (κ1) is 18.2. The predicted molar refractivity (Wildman–Crippen MR) is 102 cm³/mol. The van der Waals surface area contributed by atoms with Crippen molar-refractivity contribution < 1.29 is 9.59 Å². The molecule has 2 fully saturated rings. The molecule has 0 bridgehead atoms. The Morgan fingerprint density at radius 2 is 2.19 bits per heavy atom. The fourth-order valence-corrected chi connectivity index (χ4v) is 4.95. The Hall–Kier alpha value is -2.22. The summed E-state index contributed by atoms with van der Waals surface area (Å²) in [5.41, 5.74) is 1.39. The topological polar surface area (TPSA) is 71.3 Å². The highest BCUT2D eigenvalue weighted by Crippen LogP contribution is 2.57. The van der Waals surface area contributed by atoms with Crippen molar-refractivity contribution in [3.05, 3.63) is 35.0 Å². The minimum absolute atomic E-state index is 0.0919. The third-order valence-electron chi connectivity index (χ3n) is 6.12. The van der Waals surface area contributed by atoms with E-state index in [0.29, 0.717) is 12.6 Å². The summed E-state index contributed by atoms with van der Waals surface area (Å²) in [6, 6.07) is 2.06. The fraction of sp³-hybridized carbons (Fsp3) is 0.579. The molecule has 3 heterocycles. The highest BCUT2D eigenvalue weighted by Gasteiger charge is 2.58. The lowest BCUT2D eigenvalue weighted by Gasteiger charge is -2.35. The van der Waals surface area contributed by atoms with Gasteiger partial charge in [-0.1, -0.05) is 0 Å². The molecule has 7 nitrogen and oxygen atoms in total. The quantitative estimate of drug-likeness (QED) is 0.789. The van der Waals surface area contributed by atoms with Crippen LogP contribution in [0.2, 0.25) is 0 Å². The molecule has 2 atom stereocenters. The van der Waals surface area contributed by atoms with Crippen molar-refractivity contribution in [2.45, 2.75) is 51.7 Å². The predicted octanol–water partition coefficient (Wildman–Crippen LogP) is 2.33. The summed E-state index contributed by atoms with van der Waals surface area (Å²) in [6.07, 6.45) is 6.01. The summed E-state index contributed by atoms with van der Waals surface area (Å²) in [5.74, 6) is 0.232. The molecule has 1 aliphatic heterocycles. The van der Waals surface area contributed by atoms with Gasteiger partial charge in [-0.25, -0.2) is 9.67 Å². The molecule has 0 N–H and O–H groups in total. The maximum atomic E-state index is 12.7. The molecule has 27 heavy (non-hydrogen) atoms. The first-order valence-corrected chi connectivity index (χ1v) is 10.4. The molecular formula is C19H25N5O2S. The molecule has 2 aliphatic rings. The minimum atomic E-state index is -0.330. The zero-order chi connectivity index (χ0) is 19.0. The molecule has 1 saturated heterocycles. The molecule has 2 aromatic rings. The van der Waals surface area contributed by atoms with Crippen molar-refractivity contribution >= 4 is 23.2 Å². The van der Waals surface area contributed by atoms with Crippen LogP contribution >= 0.6 is 11.3 Å². The van der Waals surface area contributed by atoms with Crippen LogP contribution in [0.4, 0.5) is 0 Å². The van der Waals surface area contributed by atoms with E-state index in [9.17, 15) is 9.59 Å². The molecule has 2 amide bonds. The lowest BCUT2D eigenvalue weighted by molar-refractivity contribution is -0.137. The average molecular weight is 388 g/mol. The van der Waals surface area contributed by atoms with Gasteiger partial charge in [0, 0.05) is 32.6 Å². The molecule has 8 heteroatoms. The highest BCUT2D eigenvalue weighted by molar-refractivity contribution is 7.07. The van der Waals surface area contributed by atoms with Crippen LogP contribution in [0.1, 0.15) is 44.7 Å². The number of nitrogens with zero attached hydrogens (tertiary/aromatic N) is 5. The van der Waals surface area contributed by atoms with E-state index in [1.165, 1.54) is 11.9 Å². The molecule has 0 aromatic carbocycles. The second-order valence-electron chi connectivity index (χ2n) is 7.74. The van der Waals surface area contributed by atoms with Gasteiger partial charge >= 0.3 is 0 Å². The summed E-state index contributed by atoms with van der Waals surface area (Å²) in [4.78, 5) is 32.8. The largest absolute Gasteiger partial charge is 0.341 e. The third kappa shape index (κ3) is 3.50. The SMILES string of the molecule is CC(=O)N(Cc1ccsc1)[C@@H]1CC12CCN(C(=O)[C@H](C)n1cncn1)CC2. The number of rotatable bonds is 5. The van der Waals surface area contributed by atoms with Crippen LogP contribution in [-0.2, 0) is 16.1 Å². The Morgan fingerprint density at radius 3 is 2.78 bits per heavy atom. The molecule has 0 unspecified atom stereocenters. The lowest BCUT2D eigenvalue weighted by Crippen LogP contribution is -2.44. The van der Waals surface area contributed by atoms with Crippen LogP contribution in [0.5, 0.6) is 0 Å². The summed E-state index contributed by atoms with van der Waals surface area (Å²) >= 11 is 1.66. The standard InChI is InChI=1S/C19H25N5O2S/c1-14(24-13-20-12-21-24)18(26)22-6-4-19(5-7-22)9-17(19)23(15(2)25)10-16-3-8-27-11-16/h3,8,11-14,17H,4-7,9-10H2,1-2H3/t14-,17+/m0/s1. The second-order valence-corrected chi connectivity index (χ2v) is 8.52. The van der Waals surface area contributed by atoms with E-state index >= 15 is 0 Å². The number of hydrogen-bond donors (Lipinski definition) is 0. The van der Waals surface area contributed by atoms with Gasteiger partial charge in [0.05, 0.1) is 0 Å². The van der Waals surface area contributed by atoms with Gasteiger partial charge in [0.15, 0.2) is 0 Å². The van der Waals surface area contributed by atoms with Crippen molar-refractivity contribution in [3.8, 4) is 0 Å². The summed E-state index contributed by atoms with van der Waals surface area (Å²) in [6.45, 7) is 5.71. The molecular weight excluding hydrogens is 362 g/mol. The number of likely N-dealkylation sites (tertiary alicyclic amines) is 1. The van der Waals surface area contributed by atoms with E-state index < -0.39 is 0 Å². The Labute approximate surface area is 163 Å². The van der Waals surface area contributed by atoms with Crippen molar-refractivity contribution in [2.75, 3.05) is 13.1 Å².